The van der Waals surface area contributed by atoms with Crippen LogP contribution in [-0.4, -0.2) is 0 Å². The van der Waals surface area contributed by atoms with Gasteiger partial charge in [0.05, 0.1) is 0 Å². The number of aryl methyl sites for hydroxylation is 1. The number of rotatable bonds is 3. The van der Waals surface area contributed by atoms with E-state index in [1.165, 1.54) is 23.1 Å². The first-order valence-electron chi connectivity index (χ1n) is 6.69. The molecule has 0 radical (unpaired) electrons. The normalized spacial score (nSPS) is 11.5. The molecule has 0 nitrogen and oxygen atoms in total. The molecule has 0 spiro atoms. The van der Waals surface area contributed by atoms with Crippen LogP contribution in [0, 0.1) is 5.41 Å². The molecule has 0 atom stereocenters. The van der Waals surface area contributed by atoms with Crippen LogP contribution in [0.15, 0.2) is 54.6 Å². The second kappa shape index (κ2) is 5.39. The summed E-state index contributed by atoms with van der Waals surface area (Å²) >= 11 is 0. The molecule has 0 bridgehead atoms. The first kappa shape index (κ1) is 12.9. The summed E-state index contributed by atoms with van der Waals surface area (Å²) in [6, 6.07) is 19.5. The summed E-state index contributed by atoms with van der Waals surface area (Å²) in [7, 11) is 0. The highest BCUT2D eigenvalue weighted by molar-refractivity contribution is 5.63. The average molecular weight is 238 g/mol. The summed E-state index contributed by atoms with van der Waals surface area (Å²) in [6.45, 7) is 6.90. The molecule has 0 N–H and O–H groups in total. The summed E-state index contributed by atoms with van der Waals surface area (Å²) in [5.41, 5.74) is 4.46. The van der Waals surface area contributed by atoms with Gasteiger partial charge in [0.25, 0.3) is 0 Å². The van der Waals surface area contributed by atoms with Gasteiger partial charge in [-0.3, -0.25) is 0 Å². The van der Waals surface area contributed by atoms with E-state index in [0.29, 0.717) is 5.41 Å². The predicted octanol–water partition coefficient (Wildman–Crippen LogP) is 5.33. The van der Waals surface area contributed by atoms with E-state index < -0.39 is 0 Å². The zero-order chi connectivity index (χ0) is 13.0. The monoisotopic (exact) mass is 238 g/mol. The van der Waals surface area contributed by atoms with Crippen LogP contribution < -0.4 is 0 Å². The quantitative estimate of drug-likeness (QED) is 0.677. The standard InChI is InChI=1S/C18H22/c1-18(2,3)13-12-15-8-7-11-17(14-15)16-9-5-4-6-10-16/h4-11,14H,12-13H2,1-3H3. The highest BCUT2D eigenvalue weighted by atomic mass is 14.2. The van der Waals surface area contributed by atoms with Crippen molar-refractivity contribution in [1.82, 2.24) is 0 Å². The van der Waals surface area contributed by atoms with Crippen LogP contribution in [0.25, 0.3) is 11.1 Å². The van der Waals surface area contributed by atoms with Gasteiger partial charge >= 0.3 is 0 Å². The summed E-state index contributed by atoms with van der Waals surface area (Å²) in [6.07, 6.45) is 2.38. The van der Waals surface area contributed by atoms with E-state index >= 15 is 0 Å². The highest BCUT2D eigenvalue weighted by Crippen LogP contribution is 2.24. The van der Waals surface area contributed by atoms with Crippen molar-refractivity contribution in [3.05, 3.63) is 60.2 Å². The van der Waals surface area contributed by atoms with Crippen LogP contribution in [-0.2, 0) is 6.42 Å². The molecule has 0 unspecified atom stereocenters. The SMILES string of the molecule is CC(C)(C)CCc1cccc(-c2ccccc2)c1. The highest BCUT2D eigenvalue weighted by Gasteiger charge is 2.10. The zero-order valence-corrected chi connectivity index (χ0v) is 11.6. The molecule has 0 fully saturated rings. The first-order chi connectivity index (χ1) is 8.54. The third-order valence-electron chi connectivity index (χ3n) is 3.20. The topological polar surface area (TPSA) is 0 Å². The lowest BCUT2D eigenvalue weighted by molar-refractivity contribution is 0.378. The number of benzene rings is 2. The third kappa shape index (κ3) is 3.73. The van der Waals surface area contributed by atoms with Gasteiger partial charge in [-0.2, -0.15) is 0 Å². The van der Waals surface area contributed by atoms with Crippen LogP contribution in [0.5, 0.6) is 0 Å². The molecule has 94 valence electrons. The van der Waals surface area contributed by atoms with Crippen molar-refractivity contribution in [2.75, 3.05) is 0 Å². The summed E-state index contributed by atoms with van der Waals surface area (Å²) in [4.78, 5) is 0. The minimum absolute atomic E-state index is 0.406. The Morgan fingerprint density at radius 2 is 1.44 bits per heavy atom. The zero-order valence-electron chi connectivity index (χ0n) is 11.6. The molecule has 0 saturated heterocycles. The van der Waals surface area contributed by atoms with E-state index in [9.17, 15) is 0 Å². The van der Waals surface area contributed by atoms with Gasteiger partial charge in [-0.15, -0.1) is 0 Å². The maximum atomic E-state index is 2.32. The van der Waals surface area contributed by atoms with Gasteiger partial charge in [-0.1, -0.05) is 75.4 Å². The van der Waals surface area contributed by atoms with Gasteiger partial charge in [-0.05, 0) is 34.9 Å². The van der Waals surface area contributed by atoms with Crippen LogP contribution >= 0.6 is 0 Å². The van der Waals surface area contributed by atoms with E-state index in [-0.39, 0.29) is 0 Å². The molecule has 0 heteroatoms. The Hall–Kier alpha value is -1.56. The minimum atomic E-state index is 0.406. The summed E-state index contributed by atoms with van der Waals surface area (Å²) in [5.74, 6) is 0. The van der Waals surface area contributed by atoms with Crippen molar-refractivity contribution in [1.29, 1.82) is 0 Å². The van der Waals surface area contributed by atoms with Crippen molar-refractivity contribution in [2.45, 2.75) is 33.6 Å². The van der Waals surface area contributed by atoms with E-state index in [1.807, 2.05) is 0 Å². The molecule has 2 aromatic rings. The molecule has 2 rings (SSSR count). The lowest BCUT2D eigenvalue weighted by atomic mass is 9.88. The smallest absolute Gasteiger partial charge is 0.0181 e. The predicted molar refractivity (Wildman–Crippen MR) is 79.7 cm³/mol. The van der Waals surface area contributed by atoms with Gasteiger partial charge in [0.15, 0.2) is 0 Å². The minimum Gasteiger partial charge on any atom is -0.0622 e. The van der Waals surface area contributed by atoms with Crippen LogP contribution in [0.2, 0.25) is 0 Å². The molecular weight excluding hydrogens is 216 g/mol. The molecule has 2 aromatic carbocycles. The fraction of sp³-hybridized carbons (Fsp3) is 0.333. The van der Waals surface area contributed by atoms with Gasteiger partial charge < -0.3 is 0 Å². The van der Waals surface area contributed by atoms with Crippen molar-refractivity contribution < 1.29 is 0 Å². The molecule has 0 saturated carbocycles. The maximum absolute atomic E-state index is 2.32. The molecule has 0 heterocycles. The lowest BCUT2D eigenvalue weighted by Crippen LogP contribution is -2.06. The van der Waals surface area contributed by atoms with Crippen molar-refractivity contribution >= 4 is 0 Å². The van der Waals surface area contributed by atoms with E-state index in [4.69, 9.17) is 0 Å². The fourth-order valence-corrected chi connectivity index (χ4v) is 2.06. The van der Waals surface area contributed by atoms with Crippen LogP contribution in [0.1, 0.15) is 32.8 Å². The molecular formula is C18H22. The molecule has 0 aliphatic heterocycles. The Labute approximate surface area is 111 Å². The van der Waals surface area contributed by atoms with Gasteiger partial charge in [0.1, 0.15) is 0 Å². The van der Waals surface area contributed by atoms with Gasteiger partial charge in [0.2, 0.25) is 0 Å². The van der Waals surface area contributed by atoms with E-state index in [1.54, 1.807) is 0 Å². The van der Waals surface area contributed by atoms with Crippen LogP contribution in [0.3, 0.4) is 0 Å². The molecule has 0 aromatic heterocycles. The molecule has 0 amide bonds. The summed E-state index contributed by atoms with van der Waals surface area (Å²) < 4.78 is 0. The second-order valence-corrected chi connectivity index (χ2v) is 6.13. The lowest BCUT2D eigenvalue weighted by Gasteiger charge is -2.18. The van der Waals surface area contributed by atoms with Gasteiger partial charge in [0, 0.05) is 0 Å². The Morgan fingerprint density at radius 1 is 0.778 bits per heavy atom. The van der Waals surface area contributed by atoms with Crippen molar-refractivity contribution in [3.63, 3.8) is 0 Å². The maximum Gasteiger partial charge on any atom is -0.0181 e. The third-order valence-corrected chi connectivity index (χ3v) is 3.20. The average Bonchev–Trinajstić information content (AvgIpc) is 2.37. The largest absolute Gasteiger partial charge is 0.0622 e. The first-order valence-corrected chi connectivity index (χ1v) is 6.69. The summed E-state index contributed by atoms with van der Waals surface area (Å²) in [5, 5.41) is 0. The van der Waals surface area contributed by atoms with E-state index in [2.05, 4.69) is 75.4 Å². The van der Waals surface area contributed by atoms with Crippen molar-refractivity contribution in [3.8, 4) is 11.1 Å². The van der Waals surface area contributed by atoms with Crippen LogP contribution in [0.4, 0.5) is 0 Å². The van der Waals surface area contributed by atoms with Gasteiger partial charge in [-0.25, -0.2) is 0 Å². The number of hydrogen-bond donors (Lipinski definition) is 0. The fourth-order valence-electron chi connectivity index (χ4n) is 2.06. The molecule has 0 aliphatic rings. The Kier molecular flexibility index (Phi) is 3.86. The Morgan fingerprint density at radius 3 is 2.11 bits per heavy atom. The Bertz CT molecular complexity index is 489. The Balaban J connectivity index is 2.16. The van der Waals surface area contributed by atoms with E-state index in [0.717, 1.165) is 6.42 Å². The number of hydrogen-bond acceptors (Lipinski definition) is 0. The van der Waals surface area contributed by atoms with Crippen molar-refractivity contribution in [2.24, 2.45) is 5.41 Å². The molecule has 18 heavy (non-hydrogen) atoms. The second-order valence-electron chi connectivity index (χ2n) is 6.13. The molecule has 0 aliphatic carbocycles.